The van der Waals surface area contributed by atoms with Crippen LogP contribution in [0.2, 0.25) is 0 Å². The number of hydrogen-bond acceptors (Lipinski definition) is 7. The van der Waals surface area contributed by atoms with Gasteiger partial charge in [0.05, 0.1) is 6.26 Å². The molecule has 5 N–H and O–H groups in total. The molecule has 0 saturated heterocycles. The van der Waals surface area contributed by atoms with Gasteiger partial charge in [-0.05, 0) is 145 Å². The summed E-state index contributed by atoms with van der Waals surface area (Å²) in [4.78, 5) is 27.4. The van der Waals surface area contributed by atoms with Crippen LogP contribution < -0.4 is 10.5 Å². The molecule has 8 nitrogen and oxygen atoms in total. The molecule has 2 aromatic rings. The van der Waals surface area contributed by atoms with E-state index in [1.54, 1.807) is 24.3 Å². The maximum Gasteiger partial charge on any atom is 0.208 e. The van der Waals surface area contributed by atoms with Crippen molar-refractivity contribution in [2.24, 2.45) is 62.9 Å². The summed E-state index contributed by atoms with van der Waals surface area (Å²) >= 11 is 0. The Bertz CT molecular complexity index is 1810. The Kier molecular flexibility index (Phi) is 14.3. The zero-order valence-corrected chi connectivity index (χ0v) is 35.6. The van der Waals surface area contributed by atoms with Crippen molar-refractivity contribution in [3.05, 3.63) is 58.7 Å². The van der Waals surface area contributed by atoms with Crippen LogP contribution in [-0.2, 0) is 10.0 Å². The number of phenols is 2. The molecule has 0 amide bonds. The van der Waals surface area contributed by atoms with Gasteiger partial charge in [0.15, 0.2) is 11.6 Å². The number of aromatic hydroxyl groups is 2. The number of ketones is 2. The minimum Gasteiger partial charge on any atom is -0.508 e. The number of sulfonamides is 1. The normalized spacial score (nSPS) is 34.5. The largest absolute Gasteiger partial charge is 0.508 e. The van der Waals surface area contributed by atoms with Crippen LogP contribution >= 0.6 is 0 Å². The smallest absolute Gasteiger partial charge is 0.208 e. The lowest BCUT2D eigenvalue weighted by Crippen LogP contribution is -2.60. The summed E-state index contributed by atoms with van der Waals surface area (Å²) < 4.78 is 26.9. The van der Waals surface area contributed by atoms with Crippen LogP contribution in [0.15, 0.2) is 36.4 Å². The molecule has 2 aromatic carbocycles. The summed E-state index contributed by atoms with van der Waals surface area (Å²) in [5.74, 6) is 0.783. The van der Waals surface area contributed by atoms with Gasteiger partial charge in [0.2, 0.25) is 10.0 Å². The Balaban J connectivity index is 0.000000293. The molecule has 0 spiro atoms. The van der Waals surface area contributed by atoms with Crippen molar-refractivity contribution in [2.75, 3.05) is 6.26 Å². The summed E-state index contributed by atoms with van der Waals surface area (Å²) in [6, 6.07) is 10.0. The molecule has 0 bridgehead atoms. The van der Waals surface area contributed by atoms with E-state index in [9.17, 15) is 28.2 Å². The van der Waals surface area contributed by atoms with E-state index in [4.69, 9.17) is 5.73 Å². The highest BCUT2D eigenvalue weighted by Crippen LogP contribution is 2.63. The average molecular weight is 797 g/mol. The Hall–Kier alpha value is -2.75. The zero-order chi connectivity index (χ0) is 40.3. The Labute approximate surface area is 340 Å². The molecule has 0 radical (unpaired) electrons. The first-order valence-electron chi connectivity index (χ1n) is 20.2. The van der Waals surface area contributed by atoms with E-state index in [-0.39, 0.29) is 101 Å². The lowest BCUT2D eigenvalue weighted by molar-refractivity contribution is -0.0887. The predicted molar refractivity (Wildman–Crippen MR) is 231 cm³/mol. The van der Waals surface area contributed by atoms with E-state index in [1.807, 2.05) is 32.9 Å². The molecular weight excluding hydrogens is 721 g/mol. The molecule has 10 atom stereocenters. The number of aryl methyl sites for hydroxylation is 2. The summed E-state index contributed by atoms with van der Waals surface area (Å²) in [5.41, 5.74) is 9.48. The lowest BCUT2D eigenvalue weighted by atomic mass is 9.45. The molecule has 0 unspecified atom stereocenters. The van der Waals surface area contributed by atoms with Gasteiger partial charge in [-0.3, -0.25) is 9.59 Å². The molecule has 6 rings (SSSR count). The number of phenolic OH excluding ortho intramolecular Hbond substituents is 2. The van der Waals surface area contributed by atoms with Crippen molar-refractivity contribution in [3.8, 4) is 11.5 Å². The van der Waals surface area contributed by atoms with E-state index in [0.29, 0.717) is 17.0 Å². The minimum atomic E-state index is -3.38. The monoisotopic (exact) mass is 797 g/mol. The summed E-state index contributed by atoms with van der Waals surface area (Å²) in [7, 11) is -3.38. The van der Waals surface area contributed by atoms with E-state index in [0.717, 1.165) is 49.7 Å². The van der Waals surface area contributed by atoms with Crippen LogP contribution in [0.3, 0.4) is 0 Å². The molecule has 0 aromatic heterocycles. The van der Waals surface area contributed by atoms with Gasteiger partial charge in [0, 0.05) is 35.0 Å². The van der Waals surface area contributed by atoms with Gasteiger partial charge < -0.3 is 15.9 Å². The lowest BCUT2D eigenvalue weighted by Gasteiger charge is -2.60. The quantitative estimate of drug-likeness (QED) is 0.213. The van der Waals surface area contributed by atoms with Crippen molar-refractivity contribution < 1.29 is 28.2 Å². The Morgan fingerprint density at radius 2 is 1.07 bits per heavy atom. The second-order valence-electron chi connectivity index (χ2n) is 19.9. The van der Waals surface area contributed by atoms with Gasteiger partial charge in [-0.15, -0.1) is 0 Å². The first-order chi connectivity index (χ1) is 24.8. The maximum atomic E-state index is 13.8. The highest BCUT2D eigenvalue weighted by molar-refractivity contribution is 7.88. The van der Waals surface area contributed by atoms with Gasteiger partial charge in [-0.2, -0.15) is 0 Å². The fourth-order valence-electron chi connectivity index (χ4n) is 12.6. The molecule has 316 valence electrons. The number of rotatable bonds is 6. The molecule has 4 saturated carbocycles. The van der Waals surface area contributed by atoms with Gasteiger partial charge in [-0.25, -0.2) is 13.1 Å². The van der Waals surface area contributed by atoms with Crippen LogP contribution in [0.1, 0.15) is 153 Å². The van der Waals surface area contributed by atoms with Gasteiger partial charge in [0.25, 0.3) is 0 Å². The molecule has 0 heterocycles. The summed E-state index contributed by atoms with van der Waals surface area (Å²) in [5, 5.41) is 20.0. The van der Waals surface area contributed by atoms with E-state index < -0.39 is 10.0 Å². The SMILES string of the molecule is C.C.Cc1cc(O)cc(C(=O)[C@H]2[C@H](C)[C@H](N)C[C@H]3C(C)(C)CCC[C@]23C)c1.Cc1cc(O)cc(C(=O)[C@H]2[C@H](C)[C@H](NS(C)(=O)=O)C[C@H]3C(C)(C)CCC[C@]23C)c1. The van der Waals surface area contributed by atoms with Crippen molar-refractivity contribution in [1.82, 2.24) is 4.72 Å². The number of carbonyl (C=O) groups is 2. The van der Waals surface area contributed by atoms with Gasteiger partial charge in [0.1, 0.15) is 11.5 Å². The van der Waals surface area contributed by atoms with E-state index in [1.165, 1.54) is 19.1 Å². The summed E-state index contributed by atoms with van der Waals surface area (Å²) in [6.45, 7) is 21.7. The minimum absolute atomic E-state index is 0. The van der Waals surface area contributed by atoms with E-state index in [2.05, 4.69) is 53.2 Å². The van der Waals surface area contributed by atoms with Crippen molar-refractivity contribution >= 4 is 21.6 Å². The fourth-order valence-corrected chi connectivity index (χ4v) is 13.4. The average Bonchev–Trinajstić information content (AvgIpc) is 3.01. The predicted octanol–water partition coefficient (Wildman–Crippen LogP) is 10.3. The van der Waals surface area contributed by atoms with Crippen LogP contribution in [0.25, 0.3) is 0 Å². The standard InChI is InChI=1S/C23H35NO4S.C22H33NO2.2CH4/c1-14-10-16(12-17(25)11-14)21(26)20-15(2)18(24-29(6,27)28)13-19-22(3,4)8-7-9-23(19,20)5;1-13-9-15(11-16(24)10-13)20(25)19-14(2)17(23)12-18-21(3,4)7-6-8-22(18,19)5;;/h10-12,15,18-20,24-25H,7-9,13H2,1-6H3;9-11,14,17-19,24H,6-8,12,23H2,1-5H3;2*1H4/t15-,18-,19+,20-,23+;14-,17-,18+,19-,22+;;/m11../s1. The van der Waals surface area contributed by atoms with Crippen molar-refractivity contribution in [3.63, 3.8) is 0 Å². The van der Waals surface area contributed by atoms with Crippen LogP contribution in [0, 0.1) is 71.0 Å². The fraction of sp³-hybridized carbons (Fsp3) is 0.702. The van der Waals surface area contributed by atoms with Crippen LogP contribution in [-0.4, -0.2) is 48.5 Å². The third kappa shape index (κ3) is 9.25. The molecule has 56 heavy (non-hydrogen) atoms. The van der Waals surface area contributed by atoms with Crippen molar-refractivity contribution in [2.45, 2.75) is 148 Å². The topological polar surface area (TPSA) is 147 Å². The van der Waals surface area contributed by atoms with E-state index >= 15 is 0 Å². The summed E-state index contributed by atoms with van der Waals surface area (Å²) in [6.07, 6.45) is 9.53. The van der Waals surface area contributed by atoms with Gasteiger partial charge in [-0.1, -0.05) is 83.1 Å². The molecular formula is C47H76N2O6S. The molecule has 4 aliphatic rings. The number of carbonyl (C=O) groups excluding carboxylic acids is 2. The first kappa shape index (κ1) is 47.6. The van der Waals surface area contributed by atoms with Crippen LogP contribution in [0.4, 0.5) is 0 Å². The number of Topliss-reactive ketones (excluding diaryl/α,β-unsaturated/α-hetero) is 2. The van der Waals surface area contributed by atoms with Gasteiger partial charge >= 0.3 is 0 Å². The number of nitrogens with two attached hydrogens (primary N) is 1. The number of fused-ring (bicyclic) bond motifs is 2. The molecule has 4 fully saturated rings. The second-order valence-corrected chi connectivity index (χ2v) is 21.7. The van der Waals surface area contributed by atoms with Crippen LogP contribution in [0.5, 0.6) is 11.5 Å². The zero-order valence-electron chi connectivity index (χ0n) is 34.8. The molecule has 4 aliphatic carbocycles. The number of hydrogen-bond donors (Lipinski definition) is 4. The highest BCUT2D eigenvalue weighted by Gasteiger charge is 2.60. The number of benzene rings is 2. The maximum absolute atomic E-state index is 13.8. The second kappa shape index (κ2) is 16.8. The Morgan fingerprint density at radius 3 is 1.46 bits per heavy atom. The Morgan fingerprint density at radius 1 is 0.679 bits per heavy atom. The third-order valence-electron chi connectivity index (χ3n) is 15.0. The molecule has 9 heteroatoms. The molecule has 0 aliphatic heterocycles. The third-order valence-corrected chi connectivity index (χ3v) is 15.7. The first-order valence-corrected chi connectivity index (χ1v) is 22.1. The number of nitrogens with one attached hydrogen (secondary N) is 1. The highest BCUT2D eigenvalue weighted by atomic mass is 32.2. The van der Waals surface area contributed by atoms with Crippen molar-refractivity contribution in [1.29, 1.82) is 0 Å².